The standard InChI is InChI=1S/C23H14FN5.2ClH/c1-25-19-9-4-15(5-10-19)21-13-26-22-11-6-17(14-29(21)22)20-12-27-28-23(20)16-2-7-18(24)8-3-16;;/h2-14H,(H,27,28);2*1H. The number of H-pyrrole nitrogens is 1. The number of hydrogen-bond donors (Lipinski definition) is 1. The van der Waals surface area contributed by atoms with Crippen LogP contribution >= 0.6 is 24.8 Å². The Morgan fingerprint density at radius 2 is 1.52 bits per heavy atom. The van der Waals surface area contributed by atoms with E-state index < -0.39 is 0 Å². The monoisotopic (exact) mass is 451 g/mol. The van der Waals surface area contributed by atoms with Crippen LogP contribution in [0.1, 0.15) is 0 Å². The summed E-state index contributed by atoms with van der Waals surface area (Å²) in [6.07, 6.45) is 5.60. The third-order valence-electron chi connectivity index (χ3n) is 4.88. The molecule has 0 spiro atoms. The van der Waals surface area contributed by atoms with Crippen LogP contribution in [0.15, 0.2) is 79.3 Å². The molecule has 0 unspecified atom stereocenters. The molecule has 154 valence electrons. The molecule has 1 N–H and O–H groups in total. The normalized spacial score (nSPS) is 10.2. The lowest BCUT2D eigenvalue weighted by atomic mass is 10.0. The summed E-state index contributed by atoms with van der Waals surface area (Å²) in [5, 5.41) is 7.21. The van der Waals surface area contributed by atoms with Gasteiger partial charge in [0.15, 0.2) is 5.69 Å². The van der Waals surface area contributed by atoms with Gasteiger partial charge < -0.3 is 0 Å². The Balaban J connectivity index is 0.00000136. The molecule has 0 fully saturated rings. The topological polar surface area (TPSA) is 50.3 Å². The van der Waals surface area contributed by atoms with Crippen molar-refractivity contribution in [3.8, 4) is 33.6 Å². The van der Waals surface area contributed by atoms with Crippen LogP contribution in [0.2, 0.25) is 0 Å². The molecular weight excluding hydrogens is 436 g/mol. The molecular formula is C23H16Cl2FN5. The third-order valence-corrected chi connectivity index (χ3v) is 4.88. The van der Waals surface area contributed by atoms with Gasteiger partial charge in [-0.15, -0.1) is 24.8 Å². The second-order valence-electron chi connectivity index (χ2n) is 6.61. The fraction of sp³-hybridized carbons (Fsp3) is 0. The Hall–Kier alpha value is -3.66. The lowest BCUT2D eigenvalue weighted by Crippen LogP contribution is -1.91. The number of benzene rings is 2. The van der Waals surface area contributed by atoms with Crippen molar-refractivity contribution in [3.63, 3.8) is 0 Å². The van der Waals surface area contributed by atoms with Gasteiger partial charge in [-0.3, -0.25) is 9.50 Å². The van der Waals surface area contributed by atoms with E-state index in [1.807, 2.05) is 41.1 Å². The fourth-order valence-electron chi connectivity index (χ4n) is 3.40. The summed E-state index contributed by atoms with van der Waals surface area (Å²) in [6.45, 7) is 7.11. The summed E-state index contributed by atoms with van der Waals surface area (Å²) < 4.78 is 15.3. The van der Waals surface area contributed by atoms with Crippen LogP contribution in [0.5, 0.6) is 0 Å². The number of hydrogen-bond acceptors (Lipinski definition) is 2. The zero-order valence-corrected chi connectivity index (χ0v) is 17.6. The molecule has 5 nitrogen and oxygen atoms in total. The maximum Gasteiger partial charge on any atom is 0.187 e. The second-order valence-corrected chi connectivity index (χ2v) is 6.61. The van der Waals surface area contributed by atoms with E-state index in [1.165, 1.54) is 12.1 Å². The van der Waals surface area contributed by atoms with Gasteiger partial charge in [0.05, 0.1) is 30.4 Å². The van der Waals surface area contributed by atoms with E-state index in [9.17, 15) is 4.39 Å². The number of fused-ring (bicyclic) bond motifs is 1. The summed E-state index contributed by atoms with van der Waals surface area (Å²) in [5.74, 6) is -0.275. The van der Waals surface area contributed by atoms with E-state index in [-0.39, 0.29) is 30.6 Å². The molecule has 2 aromatic carbocycles. The highest BCUT2D eigenvalue weighted by Crippen LogP contribution is 2.32. The maximum absolute atomic E-state index is 13.3. The minimum absolute atomic E-state index is 0. The first-order valence-electron chi connectivity index (χ1n) is 8.97. The van der Waals surface area contributed by atoms with Gasteiger partial charge in [0.2, 0.25) is 0 Å². The van der Waals surface area contributed by atoms with E-state index in [2.05, 4.69) is 20.0 Å². The minimum atomic E-state index is -0.275. The van der Waals surface area contributed by atoms with E-state index >= 15 is 0 Å². The van der Waals surface area contributed by atoms with Crippen LogP contribution < -0.4 is 0 Å². The Bertz CT molecular complexity index is 1370. The average molecular weight is 452 g/mol. The Labute approximate surface area is 190 Å². The van der Waals surface area contributed by atoms with Crippen molar-refractivity contribution in [3.05, 3.63) is 96.5 Å². The van der Waals surface area contributed by atoms with Gasteiger partial charge in [0, 0.05) is 22.9 Å². The Morgan fingerprint density at radius 3 is 2.23 bits per heavy atom. The van der Waals surface area contributed by atoms with Crippen molar-refractivity contribution in [1.82, 2.24) is 19.6 Å². The second kappa shape index (κ2) is 9.00. The highest BCUT2D eigenvalue weighted by Gasteiger charge is 2.13. The van der Waals surface area contributed by atoms with Crippen LogP contribution in [0.4, 0.5) is 10.1 Å². The summed E-state index contributed by atoms with van der Waals surface area (Å²) in [7, 11) is 0. The molecule has 0 aliphatic rings. The molecule has 8 heteroatoms. The van der Waals surface area contributed by atoms with Gasteiger partial charge in [-0.1, -0.05) is 24.3 Å². The molecule has 0 bridgehead atoms. The van der Waals surface area contributed by atoms with E-state index in [4.69, 9.17) is 6.57 Å². The molecule has 0 saturated heterocycles. The number of aromatic nitrogens is 4. The van der Waals surface area contributed by atoms with E-state index in [0.29, 0.717) is 5.69 Å². The molecule has 0 amide bonds. The quantitative estimate of drug-likeness (QED) is 0.314. The number of aromatic amines is 1. The number of nitrogens with zero attached hydrogens (tertiary/aromatic N) is 4. The molecule has 3 aromatic heterocycles. The molecule has 0 aliphatic heterocycles. The summed E-state index contributed by atoms with van der Waals surface area (Å²) in [4.78, 5) is 7.93. The lowest BCUT2D eigenvalue weighted by molar-refractivity contribution is 0.628. The highest BCUT2D eigenvalue weighted by atomic mass is 35.5. The Kier molecular flexibility index (Phi) is 6.40. The van der Waals surface area contributed by atoms with Gasteiger partial charge in [-0.2, -0.15) is 5.10 Å². The molecule has 0 atom stereocenters. The van der Waals surface area contributed by atoms with Crippen molar-refractivity contribution in [2.45, 2.75) is 0 Å². The zero-order valence-electron chi connectivity index (χ0n) is 16.0. The highest BCUT2D eigenvalue weighted by molar-refractivity contribution is 5.85. The van der Waals surface area contributed by atoms with Gasteiger partial charge >= 0.3 is 0 Å². The minimum Gasteiger partial charge on any atom is -0.299 e. The van der Waals surface area contributed by atoms with Crippen LogP contribution in [-0.4, -0.2) is 19.6 Å². The number of nitrogens with one attached hydrogen (secondary N) is 1. The number of halogens is 3. The summed E-state index contributed by atoms with van der Waals surface area (Å²) in [6, 6.07) is 17.7. The molecule has 0 aliphatic carbocycles. The molecule has 5 rings (SSSR count). The maximum atomic E-state index is 13.3. The van der Waals surface area contributed by atoms with Crippen LogP contribution in [0.3, 0.4) is 0 Å². The lowest BCUT2D eigenvalue weighted by Gasteiger charge is -2.07. The van der Waals surface area contributed by atoms with E-state index in [0.717, 1.165) is 39.3 Å². The van der Waals surface area contributed by atoms with Crippen molar-refractivity contribution in [2.24, 2.45) is 0 Å². The van der Waals surface area contributed by atoms with Crippen molar-refractivity contribution in [2.75, 3.05) is 0 Å². The zero-order chi connectivity index (χ0) is 19.8. The number of rotatable bonds is 3. The van der Waals surface area contributed by atoms with Crippen molar-refractivity contribution >= 4 is 36.1 Å². The van der Waals surface area contributed by atoms with Crippen LogP contribution in [0.25, 0.3) is 44.1 Å². The smallest absolute Gasteiger partial charge is 0.187 e. The molecule has 5 aromatic rings. The van der Waals surface area contributed by atoms with Gasteiger partial charge in [-0.25, -0.2) is 14.2 Å². The fourth-order valence-corrected chi connectivity index (χ4v) is 3.40. The molecule has 31 heavy (non-hydrogen) atoms. The summed E-state index contributed by atoms with van der Waals surface area (Å²) in [5.41, 5.74) is 6.91. The first-order chi connectivity index (χ1) is 14.2. The first-order valence-corrected chi connectivity index (χ1v) is 8.97. The van der Waals surface area contributed by atoms with Crippen molar-refractivity contribution in [1.29, 1.82) is 0 Å². The van der Waals surface area contributed by atoms with Gasteiger partial charge in [0.1, 0.15) is 11.5 Å². The SMILES string of the molecule is Cl.Cl.[C-]#[N+]c1ccc(-c2cnc3ccc(-c4cn[nH]c4-c4ccc(F)cc4)cn23)cc1. The first kappa shape index (κ1) is 22.0. The molecule has 0 radical (unpaired) electrons. The number of imidazole rings is 1. The van der Waals surface area contributed by atoms with E-state index in [1.54, 1.807) is 30.5 Å². The number of pyridine rings is 1. The average Bonchev–Trinajstić information content (AvgIpc) is 3.41. The Morgan fingerprint density at radius 1 is 0.839 bits per heavy atom. The van der Waals surface area contributed by atoms with Gasteiger partial charge in [-0.05, 0) is 42.0 Å². The summed E-state index contributed by atoms with van der Waals surface area (Å²) >= 11 is 0. The predicted octanol–water partition coefficient (Wildman–Crippen LogP) is 6.59. The third kappa shape index (κ3) is 4.02. The molecule has 3 heterocycles. The van der Waals surface area contributed by atoms with Gasteiger partial charge in [0.25, 0.3) is 0 Å². The molecule has 0 saturated carbocycles. The van der Waals surface area contributed by atoms with Crippen LogP contribution in [0, 0.1) is 12.4 Å². The van der Waals surface area contributed by atoms with Crippen molar-refractivity contribution < 1.29 is 4.39 Å². The largest absolute Gasteiger partial charge is 0.299 e. The van der Waals surface area contributed by atoms with Crippen LogP contribution in [-0.2, 0) is 0 Å². The predicted molar refractivity (Wildman–Crippen MR) is 124 cm³/mol.